The lowest BCUT2D eigenvalue weighted by atomic mass is 9.99. The van der Waals surface area contributed by atoms with E-state index in [1.165, 1.54) is 6.42 Å². The number of carbonyl (C=O) groups is 1. The van der Waals surface area contributed by atoms with E-state index in [4.69, 9.17) is 16.3 Å². The molecule has 1 heterocycles. The summed E-state index contributed by atoms with van der Waals surface area (Å²) in [4.78, 5) is 13.5. The molecule has 1 rings (SSSR count). The normalized spacial score (nSPS) is 21.7. The van der Waals surface area contributed by atoms with Gasteiger partial charge in [0.15, 0.2) is 0 Å². The standard InChI is InChI=1S/C11H20ClNO2/c1-2-15-9-10-4-3-7-13(8-10)11(14)5-6-12/h10H,2-9H2,1H3/t10-/m0/s1. The lowest BCUT2D eigenvalue weighted by molar-refractivity contribution is -0.133. The van der Waals surface area contributed by atoms with Crippen LogP contribution < -0.4 is 0 Å². The number of nitrogens with zero attached hydrogens (tertiary/aromatic N) is 1. The molecule has 0 radical (unpaired) electrons. The molecule has 1 aliphatic rings. The zero-order valence-corrected chi connectivity index (χ0v) is 10.1. The van der Waals surface area contributed by atoms with Gasteiger partial charge in [-0.2, -0.15) is 0 Å². The Morgan fingerprint density at radius 3 is 3.07 bits per heavy atom. The summed E-state index contributed by atoms with van der Waals surface area (Å²) in [5.41, 5.74) is 0. The monoisotopic (exact) mass is 233 g/mol. The van der Waals surface area contributed by atoms with Crippen LogP contribution in [0.3, 0.4) is 0 Å². The van der Waals surface area contributed by atoms with Crippen LogP contribution in [0.5, 0.6) is 0 Å². The highest BCUT2D eigenvalue weighted by atomic mass is 35.5. The van der Waals surface area contributed by atoms with Crippen molar-refractivity contribution in [2.45, 2.75) is 26.2 Å². The van der Waals surface area contributed by atoms with Crippen molar-refractivity contribution in [3.8, 4) is 0 Å². The summed E-state index contributed by atoms with van der Waals surface area (Å²) in [6.07, 6.45) is 2.72. The van der Waals surface area contributed by atoms with Crippen molar-refractivity contribution in [3.63, 3.8) is 0 Å². The van der Waals surface area contributed by atoms with E-state index in [9.17, 15) is 4.79 Å². The summed E-state index contributed by atoms with van der Waals surface area (Å²) in [6, 6.07) is 0. The van der Waals surface area contributed by atoms with Crippen LogP contribution >= 0.6 is 11.6 Å². The fourth-order valence-electron chi connectivity index (χ4n) is 1.95. The Morgan fingerprint density at radius 2 is 2.40 bits per heavy atom. The highest BCUT2D eigenvalue weighted by Gasteiger charge is 2.22. The van der Waals surface area contributed by atoms with Crippen LogP contribution in [0.15, 0.2) is 0 Å². The minimum atomic E-state index is 0.186. The molecule has 0 unspecified atom stereocenters. The maximum Gasteiger partial charge on any atom is 0.223 e. The molecular formula is C11H20ClNO2. The van der Waals surface area contributed by atoms with Gasteiger partial charge in [0.2, 0.25) is 5.91 Å². The van der Waals surface area contributed by atoms with Crippen LogP contribution in [0.25, 0.3) is 0 Å². The van der Waals surface area contributed by atoms with Crippen LogP contribution in [-0.2, 0) is 9.53 Å². The second-order valence-electron chi connectivity index (χ2n) is 3.95. The first kappa shape index (κ1) is 12.8. The number of hydrogen-bond donors (Lipinski definition) is 0. The number of amides is 1. The van der Waals surface area contributed by atoms with Gasteiger partial charge in [0, 0.05) is 32.0 Å². The highest BCUT2D eigenvalue weighted by molar-refractivity contribution is 6.18. The molecule has 0 aromatic heterocycles. The van der Waals surface area contributed by atoms with E-state index in [-0.39, 0.29) is 5.91 Å². The molecule has 0 aromatic rings. The van der Waals surface area contributed by atoms with Gasteiger partial charge in [-0.3, -0.25) is 4.79 Å². The Hall–Kier alpha value is -0.280. The van der Waals surface area contributed by atoms with Gasteiger partial charge in [-0.1, -0.05) is 0 Å². The molecule has 0 aromatic carbocycles. The van der Waals surface area contributed by atoms with E-state index in [1.807, 2.05) is 11.8 Å². The first-order valence-electron chi connectivity index (χ1n) is 5.69. The number of halogens is 1. The molecule has 1 fully saturated rings. The topological polar surface area (TPSA) is 29.5 Å². The van der Waals surface area contributed by atoms with Gasteiger partial charge in [0.1, 0.15) is 0 Å². The average molecular weight is 234 g/mol. The number of piperidine rings is 1. The molecule has 1 amide bonds. The van der Waals surface area contributed by atoms with E-state index in [2.05, 4.69) is 0 Å². The number of rotatable bonds is 5. The quantitative estimate of drug-likeness (QED) is 0.679. The molecule has 0 aliphatic carbocycles. The minimum Gasteiger partial charge on any atom is -0.381 e. The number of ether oxygens (including phenoxy) is 1. The molecular weight excluding hydrogens is 214 g/mol. The molecule has 4 heteroatoms. The maximum absolute atomic E-state index is 11.6. The summed E-state index contributed by atoms with van der Waals surface area (Å²) >= 11 is 5.56. The van der Waals surface area contributed by atoms with Crippen molar-refractivity contribution < 1.29 is 9.53 Å². The van der Waals surface area contributed by atoms with Crippen LogP contribution in [0.1, 0.15) is 26.2 Å². The summed E-state index contributed by atoms with van der Waals surface area (Å²) in [5, 5.41) is 0. The molecule has 15 heavy (non-hydrogen) atoms. The highest BCUT2D eigenvalue weighted by Crippen LogP contribution is 2.17. The zero-order valence-electron chi connectivity index (χ0n) is 9.38. The van der Waals surface area contributed by atoms with Gasteiger partial charge in [-0.15, -0.1) is 11.6 Å². The van der Waals surface area contributed by atoms with Crippen LogP contribution in [0.4, 0.5) is 0 Å². The second kappa shape index (κ2) is 7.07. The molecule has 88 valence electrons. The smallest absolute Gasteiger partial charge is 0.223 e. The Morgan fingerprint density at radius 1 is 1.60 bits per heavy atom. The van der Waals surface area contributed by atoms with Crippen LogP contribution in [-0.4, -0.2) is 43.0 Å². The molecule has 1 saturated heterocycles. The van der Waals surface area contributed by atoms with Crippen LogP contribution in [0.2, 0.25) is 0 Å². The third-order valence-electron chi connectivity index (χ3n) is 2.74. The SMILES string of the molecule is CCOC[C@H]1CCCN(C(=O)CCCl)C1. The summed E-state index contributed by atoms with van der Waals surface area (Å²) in [7, 11) is 0. The second-order valence-corrected chi connectivity index (χ2v) is 4.32. The first-order valence-corrected chi connectivity index (χ1v) is 6.22. The van der Waals surface area contributed by atoms with E-state index >= 15 is 0 Å². The van der Waals surface area contributed by atoms with Crippen molar-refractivity contribution in [2.75, 3.05) is 32.2 Å². The summed E-state index contributed by atoms with van der Waals surface area (Å²) in [5.74, 6) is 1.12. The number of likely N-dealkylation sites (tertiary alicyclic amines) is 1. The first-order chi connectivity index (χ1) is 7.27. The molecule has 0 bridgehead atoms. The van der Waals surface area contributed by atoms with Gasteiger partial charge in [-0.25, -0.2) is 0 Å². The van der Waals surface area contributed by atoms with E-state index in [1.54, 1.807) is 0 Å². The fraction of sp³-hybridized carbons (Fsp3) is 0.909. The lowest BCUT2D eigenvalue weighted by Crippen LogP contribution is -2.41. The van der Waals surface area contributed by atoms with E-state index in [0.29, 0.717) is 18.2 Å². The predicted molar refractivity (Wildman–Crippen MR) is 61.1 cm³/mol. The Bertz CT molecular complexity index is 199. The van der Waals surface area contributed by atoms with Gasteiger partial charge in [0.05, 0.1) is 6.61 Å². The van der Waals surface area contributed by atoms with E-state index in [0.717, 1.165) is 32.7 Å². The van der Waals surface area contributed by atoms with Crippen molar-refractivity contribution in [1.82, 2.24) is 4.90 Å². The Labute approximate surface area is 96.7 Å². The predicted octanol–water partition coefficient (Wildman–Crippen LogP) is 1.89. The zero-order chi connectivity index (χ0) is 11.1. The van der Waals surface area contributed by atoms with E-state index < -0.39 is 0 Å². The largest absolute Gasteiger partial charge is 0.381 e. The minimum absolute atomic E-state index is 0.186. The molecule has 0 saturated carbocycles. The summed E-state index contributed by atoms with van der Waals surface area (Å²) < 4.78 is 5.40. The van der Waals surface area contributed by atoms with Crippen molar-refractivity contribution >= 4 is 17.5 Å². The van der Waals surface area contributed by atoms with Gasteiger partial charge >= 0.3 is 0 Å². The number of hydrogen-bond acceptors (Lipinski definition) is 2. The molecule has 1 aliphatic heterocycles. The molecule has 1 atom stereocenters. The van der Waals surface area contributed by atoms with Gasteiger partial charge in [-0.05, 0) is 25.7 Å². The molecule has 0 spiro atoms. The Balaban J connectivity index is 2.31. The fourth-order valence-corrected chi connectivity index (χ4v) is 2.11. The van der Waals surface area contributed by atoms with Crippen molar-refractivity contribution in [1.29, 1.82) is 0 Å². The van der Waals surface area contributed by atoms with Gasteiger partial charge in [0.25, 0.3) is 0 Å². The lowest BCUT2D eigenvalue weighted by Gasteiger charge is -2.32. The molecule has 0 N–H and O–H groups in total. The number of alkyl halides is 1. The average Bonchev–Trinajstić information content (AvgIpc) is 2.27. The molecule has 3 nitrogen and oxygen atoms in total. The third kappa shape index (κ3) is 4.39. The number of carbonyl (C=O) groups excluding carboxylic acids is 1. The van der Waals surface area contributed by atoms with Gasteiger partial charge < -0.3 is 9.64 Å². The Kier molecular flexibility index (Phi) is 6.03. The third-order valence-corrected chi connectivity index (χ3v) is 2.93. The van der Waals surface area contributed by atoms with Crippen molar-refractivity contribution in [3.05, 3.63) is 0 Å². The van der Waals surface area contributed by atoms with Crippen LogP contribution in [0, 0.1) is 5.92 Å². The maximum atomic E-state index is 11.6. The summed E-state index contributed by atoms with van der Waals surface area (Å²) in [6.45, 7) is 5.26. The van der Waals surface area contributed by atoms with Crippen molar-refractivity contribution in [2.24, 2.45) is 5.92 Å².